The van der Waals surface area contributed by atoms with Crippen molar-refractivity contribution in [2.24, 2.45) is 5.73 Å². The Kier molecular flexibility index (Phi) is 4.53. The Bertz CT molecular complexity index is 512. The molecule has 1 amide bonds. The Balaban J connectivity index is 2.26. The Hall–Kier alpha value is -1.86. The van der Waals surface area contributed by atoms with Gasteiger partial charge >= 0.3 is 0 Å². The molecule has 0 atom stereocenters. The molecule has 0 spiro atoms. The van der Waals surface area contributed by atoms with Crippen LogP contribution >= 0.6 is 0 Å². The van der Waals surface area contributed by atoms with E-state index >= 15 is 0 Å². The first-order valence-corrected chi connectivity index (χ1v) is 6.71. The summed E-state index contributed by atoms with van der Waals surface area (Å²) >= 11 is 0. The second-order valence-electron chi connectivity index (χ2n) is 4.66. The molecule has 2 N–H and O–H groups in total. The minimum absolute atomic E-state index is 0.0630. The number of amides is 1. The van der Waals surface area contributed by atoms with E-state index in [1.54, 1.807) is 18.5 Å². The molecule has 1 aromatic heterocycles. The van der Waals surface area contributed by atoms with Crippen molar-refractivity contribution < 1.29 is 4.79 Å². The predicted octanol–water partition coefficient (Wildman–Crippen LogP) is 1.41. The quantitative estimate of drug-likeness (QED) is 0.830. The Morgan fingerprint density at radius 3 is 3.00 bits per heavy atom. The van der Waals surface area contributed by atoms with Gasteiger partial charge in [-0.25, -0.2) is 0 Å². The molecule has 0 aliphatic heterocycles. The molecule has 0 saturated heterocycles. The molecule has 2 rings (SSSR count). The average molecular weight is 257 g/mol. The normalized spacial score (nSPS) is 13.6. The molecule has 19 heavy (non-hydrogen) atoms. The van der Waals surface area contributed by atoms with Crippen LogP contribution in [-0.2, 0) is 0 Å². The van der Waals surface area contributed by atoms with E-state index in [0.717, 1.165) is 25.8 Å². The SMILES string of the molecule is CCCN(C(=O)c1ccncc1C#CCN)C1CC1. The van der Waals surface area contributed by atoms with E-state index in [1.807, 2.05) is 4.90 Å². The summed E-state index contributed by atoms with van der Waals surface area (Å²) in [6.07, 6.45) is 6.46. The zero-order valence-electron chi connectivity index (χ0n) is 11.2. The molecule has 4 nitrogen and oxygen atoms in total. The number of hydrogen-bond donors (Lipinski definition) is 1. The van der Waals surface area contributed by atoms with Crippen LogP contribution in [0.3, 0.4) is 0 Å². The maximum absolute atomic E-state index is 12.6. The molecule has 1 aliphatic rings. The first-order valence-electron chi connectivity index (χ1n) is 6.71. The lowest BCUT2D eigenvalue weighted by Gasteiger charge is -2.22. The summed E-state index contributed by atoms with van der Waals surface area (Å²) in [5.74, 6) is 5.77. The third-order valence-electron chi connectivity index (χ3n) is 3.09. The fraction of sp³-hybridized carbons (Fsp3) is 0.467. The predicted molar refractivity (Wildman–Crippen MR) is 74.5 cm³/mol. The monoisotopic (exact) mass is 257 g/mol. The lowest BCUT2D eigenvalue weighted by atomic mass is 10.1. The number of carbonyl (C=O) groups excluding carboxylic acids is 1. The van der Waals surface area contributed by atoms with Crippen LogP contribution in [0.4, 0.5) is 0 Å². The van der Waals surface area contributed by atoms with Gasteiger partial charge in [0.25, 0.3) is 5.91 Å². The van der Waals surface area contributed by atoms with Gasteiger partial charge in [0.15, 0.2) is 0 Å². The second-order valence-corrected chi connectivity index (χ2v) is 4.66. The van der Waals surface area contributed by atoms with Gasteiger partial charge in [-0.1, -0.05) is 18.8 Å². The summed E-state index contributed by atoms with van der Waals surface area (Å²) in [5, 5.41) is 0. The van der Waals surface area contributed by atoms with Crippen molar-refractivity contribution in [3.8, 4) is 11.8 Å². The summed E-state index contributed by atoms with van der Waals surface area (Å²) in [5.41, 5.74) is 6.68. The van der Waals surface area contributed by atoms with E-state index < -0.39 is 0 Å². The van der Waals surface area contributed by atoms with Crippen LogP contribution in [0.2, 0.25) is 0 Å². The van der Waals surface area contributed by atoms with Gasteiger partial charge in [0.05, 0.1) is 17.7 Å². The maximum Gasteiger partial charge on any atom is 0.255 e. The number of rotatable bonds is 4. The van der Waals surface area contributed by atoms with Crippen LogP contribution in [0, 0.1) is 11.8 Å². The molecule has 1 fully saturated rings. The Labute approximate surface area is 114 Å². The number of pyridine rings is 1. The average Bonchev–Trinajstić information content (AvgIpc) is 3.26. The highest BCUT2D eigenvalue weighted by Gasteiger charge is 2.32. The fourth-order valence-electron chi connectivity index (χ4n) is 2.06. The van der Waals surface area contributed by atoms with Crippen molar-refractivity contribution in [3.63, 3.8) is 0 Å². The van der Waals surface area contributed by atoms with Crippen LogP contribution in [-0.4, -0.2) is 34.9 Å². The van der Waals surface area contributed by atoms with Crippen molar-refractivity contribution >= 4 is 5.91 Å². The van der Waals surface area contributed by atoms with Crippen molar-refractivity contribution in [2.45, 2.75) is 32.2 Å². The van der Waals surface area contributed by atoms with Gasteiger partial charge in [0.2, 0.25) is 0 Å². The largest absolute Gasteiger partial charge is 0.336 e. The summed E-state index contributed by atoms with van der Waals surface area (Å²) in [6.45, 7) is 3.17. The molecule has 1 heterocycles. The fourth-order valence-corrected chi connectivity index (χ4v) is 2.06. The highest BCUT2D eigenvalue weighted by atomic mass is 16.2. The number of aromatic nitrogens is 1. The molecule has 0 radical (unpaired) electrons. The molecule has 0 bridgehead atoms. The van der Waals surface area contributed by atoms with Crippen molar-refractivity contribution in [1.29, 1.82) is 0 Å². The lowest BCUT2D eigenvalue weighted by molar-refractivity contribution is 0.0742. The highest BCUT2D eigenvalue weighted by Crippen LogP contribution is 2.28. The maximum atomic E-state index is 12.6. The number of nitrogens with zero attached hydrogens (tertiary/aromatic N) is 2. The van der Waals surface area contributed by atoms with Gasteiger partial charge < -0.3 is 10.6 Å². The third-order valence-corrected chi connectivity index (χ3v) is 3.09. The van der Waals surface area contributed by atoms with Crippen molar-refractivity contribution in [3.05, 3.63) is 29.6 Å². The van der Waals surface area contributed by atoms with Gasteiger partial charge in [-0.15, -0.1) is 0 Å². The Morgan fingerprint density at radius 1 is 1.58 bits per heavy atom. The molecule has 100 valence electrons. The number of nitrogens with two attached hydrogens (primary N) is 1. The van der Waals surface area contributed by atoms with E-state index in [-0.39, 0.29) is 12.5 Å². The molecule has 0 aromatic carbocycles. The van der Waals surface area contributed by atoms with Gasteiger partial charge in [-0.2, -0.15) is 0 Å². The zero-order valence-corrected chi connectivity index (χ0v) is 11.2. The number of hydrogen-bond acceptors (Lipinski definition) is 3. The first-order chi connectivity index (χ1) is 9.27. The van der Waals surface area contributed by atoms with Gasteiger partial charge in [-0.3, -0.25) is 9.78 Å². The summed E-state index contributed by atoms with van der Waals surface area (Å²) in [7, 11) is 0. The van der Waals surface area contributed by atoms with Gasteiger partial charge in [0.1, 0.15) is 0 Å². The topological polar surface area (TPSA) is 59.2 Å². The van der Waals surface area contributed by atoms with Crippen LogP contribution < -0.4 is 5.73 Å². The summed E-state index contributed by atoms with van der Waals surface area (Å²) in [6, 6.07) is 2.16. The van der Waals surface area contributed by atoms with Crippen LogP contribution in [0.1, 0.15) is 42.1 Å². The lowest BCUT2D eigenvalue weighted by Crippen LogP contribution is -2.34. The minimum atomic E-state index is 0.0630. The standard InChI is InChI=1S/C15H19N3O/c1-2-10-18(13-5-6-13)15(19)14-7-9-17-11-12(14)4-3-8-16/h7,9,11,13H,2,5-6,8,10,16H2,1H3. The smallest absolute Gasteiger partial charge is 0.255 e. The van der Waals surface area contributed by atoms with Gasteiger partial charge in [-0.05, 0) is 25.3 Å². The van der Waals surface area contributed by atoms with E-state index in [0.29, 0.717) is 17.2 Å². The molecule has 1 aromatic rings. The van der Waals surface area contributed by atoms with Crippen molar-refractivity contribution in [1.82, 2.24) is 9.88 Å². The first kappa shape index (κ1) is 13.6. The van der Waals surface area contributed by atoms with E-state index in [2.05, 4.69) is 23.7 Å². The molecule has 4 heteroatoms. The molecule has 1 saturated carbocycles. The van der Waals surface area contributed by atoms with E-state index in [9.17, 15) is 4.79 Å². The van der Waals surface area contributed by atoms with E-state index in [4.69, 9.17) is 5.73 Å². The molecular formula is C15H19N3O. The molecular weight excluding hydrogens is 238 g/mol. The van der Waals surface area contributed by atoms with Crippen LogP contribution in [0.15, 0.2) is 18.5 Å². The molecule has 0 unspecified atom stereocenters. The summed E-state index contributed by atoms with van der Waals surface area (Å²) in [4.78, 5) is 18.6. The highest BCUT2D eigenvalue weighted by molar-refractivity contribution is 5.97. The molecule has 1 aliphatic carbocycles. The third kappa shape index (κ3) is 3.33. The summed E-state index contributed by atoms with van der Waals surface area (Å²) < 4.78 is 0. The van der Waals surface area contributed by atoms with Crippen LogP contribution in [0.5, 0.6) is 0 Å². The minimum Gasteiger partial charge on any atom is -0.336 e. The van der Waals surface area contributed by atoms with Gasteiger partial charge in [0, 0.05) is 25.0 Å². The zero-order chi connectivity index (χ0) is 13.7. The van der Waals surface area contributed by atoms with Crippen LogP contribution in [0.25, 0.3) is 0 Å². The van der Waals surface area contributed by atoms with Crippen molar-refractivity contribution in [2.75, 3.05) is 13.1 Å². The van der Waals surface area contributed by atoms with E-state index in [1.165, 1.54) is 0 Å². The number of carbonyl (C=O) groups is 1. The Morgan fingerprint density at radius 2 is 2.37 bits per heavy atom. The second kappa shape index (κ2) is 6.35.